The molecule has 1 fully saturated rings. The Kier molecular flexibility index (Phi) is 7.45. The molecule has 24 heavy (non-hydrogen) atoms. The summed E-state index contributed by atoms with van der Waals surface area (Å²) in [5.41, 5.74) is 1.25. The van der Waals surface area contributed by atoms with E-state index in [1.165, 1.54) is 5.56 Å². The van der Waals surface area contributed by atoms with Crippen molar-refractivity contribution in [2.24, 2.45) is 0 Å². The van der Waals surface area contributed by atoms with E-state index in [0.29, 0.717) is 24.7 Å². The number of ether oxygens (including phenoxy) is 1. The van der Waals surface area contributed by atoms with Crippen molar-refractivity contribution in [1.82, 2.24) is 10.2 Å². The monoisotopic (exact) mass is 370 g/mol. The number of nitrogens with zero attached hydrogens (tertiary/aromatic N) is 1. The third kappa shape index (κ3) is 6.03. The first-order chi connectivity index (χ1) is 11.5. The number of hydrogen-bond donors (Lipinski definition) is 1. The van der Waals surface area contributed by atoms with E-state index >= 15 is 0 Å². The fourth-order valence-electron chi connectivity index (χ4n) is 2.91. The van der Waals surface area contributed by atoms with E-state index < -0.39 is 9.84 Å². The minimum absolute atomic E-state index is 0.0245. The fourth-order valence-corrected chi connectivity index (χ4v) is 4.98. The smallest absolute Gasteiger partial charge is 0.169 e. The number of methoxy groups -OCH3 is 1. The highest BCUT2D eigenvalue weighted by Gasteiger charge is 2.33. The Morgan fingerprint density at radius 1 is 1.38 bits per heavy atom. The predicted octanol–water partition coefficient (Wildman–Crippen LogP) is 1.63. The standard InChI is InChI=1S/C17H26N2O3S2/c1-22-12-5-11-19(16-9-13-24(20,21)14-16)17(23)18-10-8-15-6-3-2-4-7-15/h2-4,6-7,16H,5,8-14H2,1H3,(H,18,23)/t16-/m1/s1. The van der Waals surface area contributed by atoms with E-state index in [1.54, 1.807) is 7.11 Å². The van der Waals surface area contributed by atoms with E-state index in [4.69, 9.17) is 17.0 Å². The van der Waals surface area contributed by atoms with Gasteiger partial charge in [0.1, 0.15) is 0 Å². The van der Waals surface area contributed by atoms with Gasteiger partial charge in [0.15, 0.2) is 14.9 Å². The molecule has 0 radical (unpaired) electrons. The van der Waals surface area contributed by atoms with Crippen molar-refractivity contribution in [3.8, 4) is 0 Å². The first-order valence-corrected chi connectivity index (χ1v) is 10.5. The second-order valence-electron chi connectivity index (χ2n) is 6.06. The maximum Gasteiger partial charge on any atom is 0.169 e. The van der Waals surface area contributed by atoms with E-state index in [0.717, 1.165) is 19.4 Å². The van der Waals surface area contributed by atoms with E-state index in [-0.39, 0.29) is 17.5 Å². The highest BCUT2D eigenvalue weighted by Crippen LogP contribution is 2.18. The quantitative estimate of drug-likeness (QED) is 0.554. The summed E-state index contributed by atoms with van der Waals surface area (Å²) in [5, 5.41) is 3.93. The molecular formula is C17H26N2O3S2. The van der Waals surface area contributed by atoms with Gasteiger partial charge in [0.25, 0.3) is 0 Å². The van der Waals surface area contributed by atoms with Crippen LogP contribution in [0.1, 0.15) is 18.4 Å². The van der Waals surface area contributed by atoms with Crippen molar-refractivity contribution >= 4 is 27.2 Å². The molecule has 7 heteroatoms. The topological polar surface area (TPSA) is 58.6 Å². The van der Waals surface area contributed by atoms with Crippen LogP contribution in [0.5, 0.6) is 0 Å². The number of rotatable bonds is 8. The van der Waals surface area contributed by atoms with Gasteiger partial charge in [-0.15, -0.1) is 0 Å². The fraction of sp³-hybridized carbons (Fsp3) is 0.588. The highest BCUT2D eigenvalue weighted by molar-refractivity contribution is 7.91. The van der Waals surface area contributed by atoms with Crippen molar-refractivity contribution in [2.75, 3.05) is 38.3 Å². The van der Waals surface area contributed by atoms with Gasteiger partial charge in [0.05, 0.1) is 11.5 Å². The Bertz CT molecular complexity index is 620. The van der Waals surface area contributed by atoms with Crippen molar-refractivity contribution in [1.29, 1.82) is 0 Å². The SMILES string of the molecule is COCCCN(C(=S)NCCc1ccccc1)[C@@H]1CCS(=O)(=O)C1. The molecule has 1 aliphatic rings. The number of nitrogens with one attached hydrogen (secondary N) is 1. The molecule has 0 saturated carbocycles. The molecule has 0 spiro atoms. The lowest BCUT2D eigenvalue weighted by atomic mass is 10.1. The Balaban J connectivity index is 1.88. The molecule has 0 unspecified atom stereocenters. The van der Waals surface area contributed by atoms with Crippen molar-refractivity contribution in [3.63, 3.8) is 0 Å². The van der Waals surface area contributed by atoms with Crippen molar-refractivity contribution in [2.45, 2.75) is 25.3 Å². The van der Waals surface area contributed by atoms with Crippen LogP contribution in [0.2, 0.25) is 0 Å². The molecular weight excluding hydrogens is 344 g/mol. The molecule has 1 saturated heterocycles. The first-order valence-electron chi connectivity index (χ1n) is 8.29. The van der Waals surface area contributed by atoms with Crippen LogP contribution in [0.15, 0.2) is 30.3 Å². The molecule has 0 bridgehead atoms. The normalized spacial score (nSPS) is 19.1. The summed E-state index contributed by atoms with van der Waals surface area (Å²) in [7, 11) is -1.26. The average Bonchev–Trinajstić information content (AvgIpc) is 2.92. The second kappa shape index (κ2) is 9.34. The zero-order valence-corrected chi connectivity index (χ0v) is 15.7. The van der Waals surface area contributed by atoms with E-state index in [9.17, 15) is 8.42 Å². The molecule has 2 rings (SSSR count). The largest absolute Gasteiger partial charge is 0.385 e. The third-order valence-electron chi connectivity index (χ3n) is 4.19. The van der Waals surface area contributed by atoms with Gasteiger partial charge >= 0.3 is 0 Å². The minimum Gasteiger partial charge on any atom is -0.385 e. The Labute approximate surface area is 150 Å². The third-order valence-corrected chi connectivity index (χ3v) is 6.32. The molecule has 5 nitrogen and oxygen atoms in total. The van der Waals surface area contributed by atoms with Gasteiger partial charge in [-0.3, -0.25) is 0 Å². The molecule has 1 aromatic rings. The van der Waals surface area contributed by atoms with Gasteiger partial charge in [0, 0.05) is 32.8 Å². The summed E-state index contributed by atoms with van der Waals surface area (Å²) in [6, 6.07) is 10.2. The van der Waals surface area contributed by atoms with Crippen LogP contribution < -0.4 is 5.32 Å². The van der Waals surface area contributed by atoms with Gasteiger partial charge in [-0.2, -0.15) is 0 Å². The van der Waals surface area contributed by atoms with Crippen LogP contribution in [-0.4, -0.2) is 62.8 Å². The van der Waals surface area contributed by atoms with Gasteiger partial charge < -0.3 is 15.0 Å². The molecule has 1 aliphatic heterocycles. The lowest BCUT2D eigenvalue weighted by Crippen LogP contribution is -2.47. The maximum absolute atomic E-state index is 11.8. The minimum atomic E-state index is -2.93. The second-order valence-corrected chi connectivity index (χ2v) is 8.68. The Morgan fingerprint density at radius 3 is 2.75 bits per heavy atom. The Morgan fingerprint density at radius 2 is 2.12 bits per heavy atom. The predicted molar refractivity (Wildman–Crippen MR) is 101 cm³/mol. The van der Waals surface area contributed by atoms with Gasteiger partial charge in [-0.05, 0) is 37.0 Å². The van der Waals surface area contributed by atoms with Crippen LogP contribution in [-0.2, 0) is 21.0 Å². The van der Waals surface area contributed by atoms with E-state index in [2.05, 4.69) is 17.4 Å². The molecule has 0 aromatic heterocycles. The van der Waals surface area contributed by atoms with Crippen LogP contribution >= 0.6 is 12.2 Å². The summed E-state index contributed by atoms with van der Waals surface area (Å²) in [6.45, 7) is 2.09. The molecule has 1 atom stereocenters. The zero-order valence-electron chi connectivity index (χ0n) is 14.1. The molecule has 0 amide bonds. The molecule has 1 aromatic carbocycles. The number of sulfone groups is 1. The zero-order chi connectivity index (χ0) is 17.4. The lowest BCUT2D eigenvalue weighted by Gasteiger charge is -2.31. The summed E-state index contributed by atoms with van der Waals surface area (Å²) in [4.78, 5) is 2.03. The molecule has 134 valence electrons. The summed E-state index contributed by atoms with van der Waals surface area (Å²) in [5.74, 6) is 0.450. The average molecular weight is 371 g/mol. The van der Waals surface area contributed by atoms with Crippen molar-refractivity contribution in [3.05, 3.63) is 35.9 Å². The van der Waals surface area contributed by atoms with Gasteiger partial charge in [0.2, 0.25) is 0 Å². The first kappa shape index (κ1) is 19.1. The molecule has 1 heterocycles. The van der Waals surface area contributed by atoms with E-state index in [1.807, 2.05) is 23.1 Å². The van der Waals surface area contributed by atoms with Crippen LogP contribution in [0.3, 0.4) is 0 Å². The summed E-state index contributed by atoms with van der Waals surface area (Å²) >= 11 is 5.53. The lowest BCUT2D eigenvalue weighted by molar-refractivity contribution is 0.181. The molecule has 0 aliphatic carbocycles. The number of hydrogen-bond acceptors (Lipinski definition) is 4. The Hall–Kier alpha value is -1.18. The highest BCUT2D eigenvalue weighted by atomic mass is 32.2. The van der Waals surface area contributed by atoms with Crippen molar-refractivity contribution < 1.29 is 13.2 Å². The van der Waals surface area contributed by atoms with Gasteiger partial charge in [-0.1, -0.05) is 30.3 Å². The van der Waals surface area contributed by atoms with Gasteiger partial charge in [-0.25, -0.2) is 8.42 Å². The summed E-state index contributed by atoms with van der Waals surface area (Å²) < 4.78 is 28.7. The maximum atomic E-state index is 11.8. The van der Waals surface area contributed by atoms with Crippen LogP contribution in [0, 0.1) is 0 Å². The number of benzene rings is 1. The van der Waals surface area contributed by atoms with Crippen LogP contribution in [0.25, 0.3) is 0 Å². The summed E-state index contributed by atoms with van der Waals surface area (Å²) in [6.07, 6.45) is 2.36. The molecule has 1 N–H and O–H groups in total. The van der Waals surface area contributed by atoms with Crippen LogP contribution in [0.4, 0.5) is 0 Å². The number of thiocarbonyl (C=S) groups is 1.